The normalized spacial score (nSPS) is 30.3. The Kier molecular flexibility index (Phi) is 5.25. The highest BCUT2D eigenvalue weighted by atomic mass is 32.2. The lowest BCUT2D eigenvalue weighted by Gasteiger charge is -2.59. The second-order valence-corrected chi connectivity index (χ2v) is 10.4. The van der Waals surface area contributed by atoms with Gasteiger partial charge in [-0.2, -0.15) is 0 Å². The maximum atomic E-state index is 12.6. The van der Waals surface area contributed by atoms with Crippen LogP contribution < -0.4 is 10.1 Å². The molecule has 0 radical (unpaired) electrons. The van der Waals surface area contributed by atoms with Crippen LogP contribution in [0.25, 0.3) is 11.5 Å². The molecule has 6 rings (SSSR count). The number of hydrogen-bond acceptors (Lipinski definition) is 6. The first kappa shape index (κ1) is 19.9. The molecule has 2 aromatic rings. The van der Waals surface area contributed by atoms with Gasteiger partial charge in [0.2, 0.25) is 11.8 Å². The Bertz CT molecular complexity index is 875. The quantitative estimate of drug-likeness (QED) is 0.653. The first-order valence-corrected chi connectivity index (χ1v) is 11.9. The number of aromatic nitrogens is 2. The number of methoxy groups -OCH3 is 1. The molecule has 4 aliphatic rings. The fourth-order valence-corrected chi connectivity index (χ4v) is 6.96. The summed E-state index contributed by atoms with van der Waals surface area (Å²) in [6, 6.07) is 7.69. The standard InChI is InChI=1S/C23H29N3O3S/c1-14(23-10-15-7-16(11-23)9-17(8-15)12-23)24-20(27)13-30-22-26-25-21(29-22)18-3-5-19(28-2)6-4-18/h3-6,14-17H,7-13H2,1-2H3,(H,24,27)/t14-,15?,16?,17?,23?/m0/s1. The number of thioether (sulfide) groups is 1. The fourth-order valence-electron chi connectivity index (χ4n) is 6.39. The molecule has 0 spiro atoms. The Hall–Kier alpha value is -2.02. The number of hydrogen-bond donors (Lipinski definition) is 1. The highest BCUT2D eigenvalue weighted by molar-refractivity contribution is 7.99. The molecule has 4 saturated carbocycles. The molecule has 1 aromatic heterocycles. The third kappa shape index (κ3) is 3.84. The van der Waals surface area contributed by atoms with Crippen LogP contribution in [0.3, 0.4) is 0 Å². The van der Waals surface area contributed by atoms with Gasteiger partial charge in [0.15, 0.2) is 0 Å². The fraction of sp³-hybridized carbons (Fsp3) is 0.609. The van der Waals surface area contributed by atoms with Gasteiger partial charge >= 0.3 is 0 Å². The van der Waals surface area contributed by atoms with Gasteiger partial charge in [-0.1, -0.05) is 11.8 Å². The molecule has 0 unspecified atom stereocenters. The average Bonchev–Trinajstić information content (AvgIpc) is 3.20. The molecule has 0 saturated heterocycles. The molecule has 30 heavy (non-hydrogen) atoms. The van der Waals surface area contributed by atoms with Gasteiger partial charge in [-0.05, 0) is 92.9 Å². The number of amides is 1. The van der Waals surface area contributed by atoms with Crippen LogP contribution in [0.2, 0.25) is 0 Å². The molecule has 4 bridgehead atoms. The molecular weight excluding hydrogens is 398 g/mol. The SMILES string of the molecule is COc1ccc(-c2nnc(SCC(=O)N[C@@H](C)C34CC5CC(CC(C5)C3)C4)o2)cc1. The van der Waals surface area contributed by atoms with E-state index < -0.39 is 0 Å². The van der Waals surface area contributed by atoms with Crippen molar-refractivity contribution in [2.45, 2.75) is 56.7 Å². The third-order valence-electron chi connectivity index (χ3n) is 7.45. The summed E-state index contributed by atoms with van der Waals surface area (Å²) < 4.78 is 10.9. The maximum absolute atomic E-state index is 12.6. The van der Waals surface area contributed by atoms with Gasteiger partial charge in [-0.25, -0.2) is 0 Å². The molecule has 0 aliphatic heterocycles. The average molecular weight is 428 g/mol. The lowest BCUT2D eigenvalue weighted by atomic mass is 9.48. The Morgan fingerprint density at radius 1 is 1.17 bits per heavy atom. The van der Waals surface area contributed by atoms with Crippen LogP contribution in [0.1, 0.15) is 45.4 Å². The molecule has 160 valence electrons. The van der Waals surface area contributed by atoms with Gasteiger partial charge in [-0.3, -0.25) is 4.79 Å². The Morgan fingerprint density at radius 3 is 2.40 bits per heavy atom. The van der Waals surface area contributed by atoms with E-state index in [0.717, 1.165) is 29.1 Å². The molecule has 1 atom stereocenters. The van der Waals surface area contributed by atoms with Crippen molar-refractivity contribution in [2.75, 3.05) is 12.9 Å². The van der Waals surface area contributed by atoms with Gasteiger partial charge in [0.05, 0.1) is 12.9 Å². The van der Waals surface area contributed by atoms with E-state index in [1.165, 1.54) is 50.3 Å². The summed E-state index contributed by atoms with van der Waals surface area (Å²) >= 11 is 1.29. The molecule has 1 N–H and O–H groups in total. The van der Waals surface area contributed by atoms with Crippen LogP contribution in [-0.4, -0.2) is 35.0 Å². The maximum Gasteiger partial charge on any atom is 0.277 e. The summed E-state index contributed by atoms with van der Waals surface area (Å²) in [6.45, 7) is 2.21. The minimum absolute atomic E-state index is 0.0486. The summed E-state index contributed by atoms with van der Waals surface area (Å²) in [5.41, 5.74) is 1.15. The minimum atomic E-state index is 0.0486. The summed E-state index contributed by atoms with van der Waals surface area (Å²) in [5, 5.41) is 11.9. The van der Waals surface area contributed by atoms with E-state index in [-0.39, 0.29) is 11.9 Å². The Labute approximate surface area is 181 Å². The lowest BCUT2D eigenvalue weighted by molar-refractivity contribution is -0.123. The van der Waals surface area contributed by atoms with Crippen molar-refractivity contribution in [2.24, 2.45) is 23.2 Å². The van der Waals surface area contributed by atoms with Gasteiger partial charge in [0, 0.05) is 11.6 Å². The number of rotatable bonds is 7. The first-order chi connectivity index (χ1) is 14.5. The zero-order valence-electron chi connectivity index (χ0n) is 17.6. The number of carbonyl (C=O) groups is 1. The smallest absolute Gasteiger partial charge is 0.277 e. The van der Waals surface area contributed by atoms with Crippen molar-refractivity contribution >= 4 is 17.7 Å². The van der Waals surface area contributed by atoms with E-state index in [0.29, 0.717) is 22.3 Å². The second kappa shape index (κ2) is 7.91. The first-order valence-electron chi connectivity index (χ1n) is 10.9. The van der Waals surface area contributed by atoms with Gasteiger partial charge in [-0.15, -0.1) is 10.2 Å². The largest absolute Gasteiger partial charge is 0.497 e. The van der Waals surface area contributed by atoms with Crippen LogP contribution in [0.4, 0.5) is 0 Å². The van der Waals surface area contributed by atoms with E-state index in [4.69, 9.17) is 9.15 Å². The molecule has 7 heteroatoms. The van der Waals surface area contributed by atoms with Crippen molar-refractivity contribution < 1.29 is 13.9 Å². The van der Waals surface area contributed by atoms with E-state index in [1.807, 2.05) is 24.3 Å². The third-order valence-corrected chi connectivity index (χ3v) is 8.27. The summed E-state index contributed by atoms with van der Waals surface area (Å²) in [5.74, 6) is 4.23. The highest BCUT2D eigenvalue weighted by Gasteiger charge is 2.53. The van der Waals surface area contributed by atoms with Gasteiger partial charge in [0.25, 0.3) is 5.22 Å². The van der Waals surface area contributed by atoms with Crippen molar-refractivity contribution in [3.8, 4) is 17.2 Å². The van der Waals surface area contributed by atoms with E-state index in [2.05, 4.69) is 22.4 Å². The van der Waals surface area contributed by atoms with Crippen LogP contribution in [0.15, 0.2) is 33.9 Å². The van der Waals surface area contributed by atoms with Crippen LogP contribution in [-0.2, 0) is 4.79 Å². The topological polar surface area (TPSA) is 77.2 Å². The number of benzene rings is 1. The number of nitrogens with zero attached hydrogens (tertiary/aromatic N) is 2. The zero-order chi connectivity index (χ0) is 20.7. The monoisotopic (exact) mass is 427 g/mol. The summed E-state index contributed by atoms with van der Waals surface area (Å²) in [4.78, 5) is 12.6. The summed E-state index contributed by atoms with van der Waals surface area (Å²) in [6.07, 6.45) is 8.14. The lowest BCUT2D eigenvalue weighted by Crippen LogP contribution is -2.56. The van der Waals surface area contributed by atoms with Crippen molar-refractivity contribution in [3.05, 3.63) is 24.3 Å². The van der Waals surface area contributed by atoms with Crippen LogP contribution >= 0.6 is 11.8 Å². The van der Waals surface area contributed by atoms with E-state index in [9.17, 15) is 4.79 Å². The Balaban J connectivity index is 1.15. The van der Waals surface area contributed by atoms with Crippen molar-refractivity contribution in [1.29, 1.82) is 0 Å². The molecular formula is C23H29N3O3S. The highest BCUT2D eigenvalue weighted by Crippen LogP contribution is 2.61. The molecule has 6 nitrogen and oxygen atoms in total. The number of carbonyl (C=O) groups excluding carboxylic acids is 1. The molecule has 4 fully saturated rings. The van der Waals surface area contributed by atoms with Gasteiger partial charge in [0.1, 0.15) is 5.75 Å². The predicted molar refractivity (Wildman–Crippen MR) is 115 cm³/mol. The van der Waals surface area contributed by atoms with Crippen molar-refractivity contribution in [1.82, 2.24) is 15.5 Å². The van der Waals surface area contributed by atoms with E-state index in [1.54, 1.807) is 7.11 Å². The second-order valence-electron chi connectivity index (χ2n) is 9.46. The minimum Gasteiger partial charge on any atom is -0.497 e. The van der Waals surface area contributed by atoms with Crippen molar-refractivity contribution in [3.63, 3.8) is 0 Å². The zero-order valence-corrected chi connectivity index (χ0v) is 18.4. The molecule has 1 aromatic carbocycles. The molecule has 1 heterocycles. The predicted octanol–water partition coefficient (Wildman–Crippen LogP) is 4.56. The molecule has 4 aliphatic carbocycles. The van der Waals surface area contributed by atoms with Crippen LogP contribution in [0, 0.1) is 23.2 Å². The number of ether oxygens (including phenoxy) is 1. The van der Waals surface area contributed by atoms with Crippen LogP contribution in [0.5, 0.6) is 5.75 Å². The van der Waals surface area contributed by atoms with E-state index >= 15 is 0 Å². The number of nitrogens with one attached hydrogen (secondary N) is 1. The summed E-state index contributed by atoms with van der Waals surface area (Å²) in [7, 11) is 1.63. The van der Waals surface area contributed by atoms with Gasteiger partial charge < -0.3 is 14.5 Å². The molecule has 1 amide bonds. The Morgan fingerprint density at radius 2 is 1.80 bits per heavy atom.